The number of thioether (sulfide) groups is 2. The molecule has 55 heavy (non-hydrogen) atoms. The van der Waals surface area contributed by atoms with Crippen molar-refractivity contribution >= 4 is 33.3 Å². The summed E-state index contributed by atoms with van der Waals surface area (Å²) in [7, 11) is 0. The van der Waals surface area contributed by atoms with Gasteiger partial charge in [-0.1, -0.05) is 24.3 Å². The molecule has 2 aromatic carbocycles. The number of fused-ring (bicyclic) bond motifs is 5. The van der Waals surface area contributed by atoms with Crippen molar-refractivity contribution in [2.45, 2.75) is 61.5 Å². The molecule has 298 valence electrons. The van der Waals surface area contributed by atoms with Crippen LogP contribution in [0.25, 0.3) is 9.81 Å². The number of allylic oxidation sites excluding steroid dienone is 4. The summed E-state index contributed by atoms with van der Waals surface area (Å²) < 4.78 is 127. The minimum absolute atomic E-state index is 0.138. The molecule has 1 fully saturated rings. The number of alkyl halides is 6. The molecule has 2 aromatic rings. The van der Waals surface area contributed by atoms with Crippen LogP contribution in [0.1, 0.15) is 44.4 Å². The van der Waals surface area contributed by atoms with Gasteiger partial charge in [0.25, 0.3) is 0 Å². The summed E-state index contributed by atoms with van der Waals surface area (Å²) in [4.78, 5) is 1.03. The first kappa shape index (κ1) is 40.3. The largest absolute Gasteiger partial charge is 0.487 e. The number of ether oxygens (including phenoxy) is 6. The third-order valence-electron chi connectivity index (χ3n) is 10.8. The monoisotopic (exact) mass is 811 g/mol. The number of rotatable bonds is 3. The van der Waals surface area contributed by atoms with Crippen molar-refractivity contribution in [2.75, 3.05) is 66.1 Å². The second-order valence-electron chi connectivity index (χ2n) is 14.1. The molecular weight excluding hydrogens is 769 g/mol. The van der Waals surface area contributed by atoms with Crippen LogP contribution in [0.5, 0.6) is 11.5 Å². The van der Waals surface area contributed by atoms with Crippen LogP contribution in [0.2, 0.25) is 0 Å². The van der Waals surface area contributed by atoms with E-state index in [1.807, 2.05) is 0 Å². The highest BCUT2D eigenvalue weighted by Gasteiger charge is 2.84. The molecule has 0 aromatic heterocycles. The smallest absolute Gasteiger partial charge is 0.380 e. The number of hydrogen-bond donors (Lipinski definition) is 1. The molecule has 7 rings (SSSR count). The fraction of sp³-hybridized carbons (Fsp3) is 0.500. The Hall–Kier alpha value is -2.92. The van der Waals surface area contributed by atoms with Crippen molar-refractivity contribution < 1.29 is 54.8 Å². The lowest BCUT2D eigenvalue weighted by molar-refractivity contribution is -0.258. The fourth-order valence-corrected chi connectivity index (χ4v) is 11.3. The summed E-state index contributed by atoms with van der Waals surface area (Å²) in [6.07, 6.45) is 0. The molecule has 7 nitrogen and oxygen atoms in total. The summed E-state index contributed by atoms with van der Waals surface area (Å²) in [6, 6.07) is 12.2. The third-order valence-corrected chi connectivity index (χ3v) is 14.5. The van der Waals surface area contributed by atoms with E-state index < -0.39 is 38.4 Å². The average Bonchev–Trinajstić information content (AvgIpc) is 3.63. The zero-order chi connectivity index (χ0) is 39.4. The van der Waals surface area contributed by atoms with Crippen molar-refractivity contribution in [2.24, 2.45) is 5.73 Å². The first-order valence-corrected chi connectivity index (χ1v) is 19.7. The first-order chi connectivity index (χ1) is 26.1. The van der Waals surface area contributed by atoms with Crippen LogP contribution in [0.15, 0.2) is 75.9 Å². The molecule has 2 aliphatic carbocycles. The highest BCUT2D eigenvalue weighted by atomic mass is 32.2. The van der Waals surface area contributed by atoms with E-state index in [1.165, 1.54) is 30.4 Å². The van der Waals surface area contributed by atoms with Gasteiger partial charge in [0.15, 0.2) is 11.5 Å². The second-order valence-corrected chi connectivity index (χ2v) is 17.0. The van der Waals surface area contributed by atoms with E-state index in [9.17, 15) is 0 Å². The number of hydrogen-bond acceptors (Lipinski definition) is 9. The van der Waals surface area contributed by atoms with Gasteiger partial charge in [-0.15, -0.1) is 23.5 Å². The van der Waals surface area contributed by atoms with Crippen molar-refractivity contribution in [3.05, 3.63) is 92.6 Å². The quantitative estimate of drug-likeness (QED) is 0.307. The Balaban J connectivity index is 1.32. The van der Waals surface area contributed by atoms with Crippen LogP contribution in [0.3, 0.4) is 0 Å². The van der Waals surface area contributed by atoms with Crippen molar-refractivity contribution in [1.29, 1.82) is 0 Å². The van der Waals surface area contributed by atoms with E-state index >= 15 is 26.3 Å². The van der Waals surface area contributed by atoms with Gasteiger partial charge in [-0.05, 0) is 84.9 Å². The lowest BCUT2D eigenvalue weighted by atomic mass is 9.68. The molecule has 3 heterocycles. The fourth-order valence-electron chi connectivity index (χ4n) is 7.93. The van der Waals surface area contributed by atoms with Crippen LogP contribution in [0, 0.1) is 0 Å². The van der Waals surface area contributed by atoms with E-state index in [-0.39, 0.29) is 55.3 Å². The van der Waals surface area contributed by atoms with E-state index in [0.29, 0.717) is 72.1 Å². The maximum Gasteiger partial charge on any atom is 0.380 e. The summed E-state index contributed by atoms with van der Waals surface area (Å²) in [5.74, 6) is -15.3. The molecule has 2 atom stereocenters. The first-order valence-electron chi connectivity index (χ1n) is 18.1. The lowest BCUT2D eigenvalue weighted by Gasteiger charge is -2.48. The third kappa shape index (κ3) is 6.45. The highest BCUT2D eigenvalue weighted by molar-refractivity contribution is 8.14. The number of benzene rings is 2. The van der Waals surface area contributed by atoms with Crippen molar-refractivity contribution in [3.8, 4) is 11.5 Å². The van der Waals surface area contributed by atoms with Crippen molar-refractivity contribution in [1.82, 2.24) is 0 Å². The zero-order valence-corrected chi connectivity index (χ0v) is 32.6. The molecule has 0 radical (unpaired) electrons. The van der Waals surface area contributed by atoms with E-state index in [0.717, 1.165) is 5.56 Å². The number of nitrogens with two attached hydrogens (primary N) is 1. The number of halogens is 6. The van der Waals surface area contributed by atoms with Crippen LogP contribution in [0.4, 0.5) is 26.3 Å². The van der Waals surface area contributed by atoms with E-state index in [1.54, 1.807) is 63.2 Å². The Kier molecular flexibility index (Phi) is 11.1. The Bertz CT molecular complexity index is 1960. The van der Waals surface area contributed by atoms with Gasteiger partial charge in [0.1, 0.15) is 13.2 Å². The van der Waals surface area contributed by atoms with Gasteiger partial charge in [-0.3, -0.25) is 0 Å². The minimum Gasteiger partial charge on any atom is -0.487 e. The summed E-state index contributed by atoms with van der Waals surface area (Å²) >= 11 is 2.45. The molecule has 15 heteroatoms. The normalized spacial score (nSPS) is 28.5. The van der Waals surface area contributed by atoms with Crippen LogP contribution in [-0.2, 0) is 25.5 Å². The Morgan fingerprint density at radius 3 is 1.40 bits per heavy atom. The van der Waals surface area contributed by atoms with Gasteiger partial charge in [-0.2, -0.15) is 26.3 Å². The highest BCUT2D eigenvalue weighted by Crippen LogP contribution is 2.77. The predicted molar refractivity (Wildman–Crippen MR) is 201 cm³/mol. The molecule has 2 unspecified atom stereocenters. The minimum atomic E-state index is -5.66. The topological polar surface area (TPSA) is 81.4 Å². The van der Waals surface area contributed by atoms with E-state index in [4.69, 9.17) is 34.2 Å². The molecule has 0 spiro atoms. The molecule has 0 amide bonds. The Morgan fingerprint density at radius 1 is 0.545 bits per heavy atom. The summed E-state index contributed by atoms with van der Waals surface area (Å²) in [5.41, 5.74) is 5.33. The van der Waals surface area contributed by atoms with Crippen LogP contribution >= 0.6 is 23.5 Å². The van der Waals surface area contributed by atoms with Gasteiger partial charge < -0.3 is 34.2 Å². The van der Waals surface area contributed by atoms with Gasteiger partial charge in [-0.25, -0.2) is 0 Å². The molecule has 0 saturated heterocycles. The summed E-state index contributed by atoms with van der Waals surface area (Å²) in [5, 5.41) is 0. The van der Waals surface area contributed by atoms with Gasteiger partial charge >= 0.3 is 17.8 Å². The molecule has 3 aliphatic heterocycles. The van der Waals surface area contributed by atoms with Crippen LogP contribution in [-0.4, -0.2) is 93.3 Å². The zero-order valence-electron chi connectivity index (χ0n) is 30.9. The molecule has 2 N–H and O–H groups in total. The second kappa shape index (κ2) is 15.1. The van der Waals surface area contributed by atoms with Gasteiger partial charge in [0.05, 0.1) is 62.3 Å². The van der Waals surface area contributed by atoms with Crippen LogP contribution < -0.4 is 15.2 Å². The SMILES string of the molecule is CC1=C(c2ccc(CN)cc2)SC2(C)C1=C1C(=C3C(C)=C(c4ccc5c(c4)OCCOCCOCCOCCOCCO5)SC32C)C(F)(F)C(F)(F)C1(F)F. The predicted octanol–water partition coefficient (Wildman–Crippen LogP) is 8.68. The molecular formula is C40H43F6NO6S2. The maximum atomic E-state index is 16.2. The summed E-state index contributed by atoms with van der Waals surface area (Å²) in [6.45, 7) is 9.89. The van der Waals surface area contributed by atoms with Gasteiger partial charge in [0.2, 0.25) is 0 Å². The Morgan fingerprint density at radius 2 is 0.945 bits per heavy atom. The Labute approximate surface area is 324 Å². The van der Waals surface area contributed by atoms with E-state index in [2.05, 4.69) is 0 Å². The maximum absolute atomic E-state index is 16.2. The average molecular weight is 812 g/mol. The molecule has 1 saturated carbocycles. The lowest BCUT2D eigenvalue weighted by Crippen LogP contribution is -2.49. The standard InChI is InChI=1S/C40H43F6NO6S2/c1-23-30-32-33(39(43,44)40(45,46)38(32,41)42)31-24(2)35(55-37(31,4)36(30,3)54-34(23)26-7-5-25(22-47)6-8-26)27-9-10-28-29(21-27)53-20-18-51-16-14-49-12-11-48-13-15-50-17-19-52-28/h5-10,21H,11-20,22,47H2,1-4H3. The molecule has 5 aliphatic rings. The van der Waals surface area contributed by atoms with Crippen molar-refractivity contribution in [3.63, 3.8) is 0 Å². The molecule has 0 bridgehead atoms. The van der Waals surface area contributed by atoms with Gasteiger partial charge in [0, 0.05) is 27.5 Å².